The van der Waals surface area contributed by atoms with Crippen molar-refractivity contribution in [3.63, 3.8) is 0 Å². The first-order valence-corrected chi connectivity index (χ1v) is 9.77. The smallest absolute Gasteiger partial charge is 0.319 e. The first-order chi connectivity index (χ1) is 15.0. The fraction of sp³-hybridized carbons (Fsp3) is 0.238. The summed E-state index contributed by atoms with van der Waals surface area (Å²) in [6.07, 6.45) is 3.80. The number of hydrogen-bond acceptors (Lipinski definition) is 5. The summed E-state index contributed by atoms with van der Waals surface area (Å²) in [6, 6.07) is 11.7. The minimum absolute atomic E-state index is 0.0515. The molecule has 0 spiro atoms. The normalized spacial score (nSPS) is 10.6. The van der Waals surface area contributed by atoms with E-state index in [0.29, 0.717) is 31.5 Å². The van der Waals surface area contributed by atoms with Gasteiger partial charge < -0.3 is 15.6 Å². The fourth-order valence-corrected chi connectivity index (χ4v) is 3.20. The highest BCUT2D eigenvalue weighted by Crippen LogP contribution is 2.25. The monoisotopic (exact) mass is 425 g/mol. The molecule has 0 aliphatic carbocycles. The number of hydroxylamine groups is 1. The van der Waals surface area contributed by atoms with Crippen molar-refractivity contribution in [2.45, 2.75) is 25.7 Å². The van der Waals surface area contributed by atoms with Crippen LogP contribution in [0.4, 0.5) is 16.2 Å². The summed E-state index contributed by atoms with van der Waals surface area (Å²) in [6.45, 7) is 0.412. The van der Waals surface area contributed by atoms with Crippen molar-refractivity contribution in [1.82, 2.24) is 15.8 Å². The summed E-state index contributed by atoms with van der Waals surface area (Å²) >= 11 is 0. The number of aromatic amines is 1. The second kappa shape index (κ2) is 10.2. The molecule has 0 radical (unpaired) electrons. The van der Waals surface area contributed by atoms with E-state index in [1.54, 1.807) is 29.7 Å². The summed E-state index contributed by atoms with van der Waals surface area (Å²) < 4.78 is 0. The zero-order chi connectivity index (χ0) is 22.2. The maximum absolute atomic E-state index is 11.9. The molecule has 10 heteroatoms. The first-order valence-electron chi connectivity index (χ1n) is 9.77. The maximum atomic E-state index is 11.9. The molecule has 162 valence electrons. The molecule has 0 bridgehead atoms. The van der Waals surface area contributed by atoms with E-state index in [2.05, 4.69) is 15.6 Å². The summed E-state index contributed by atoms with van der Waals surface area (Å²) in [4.78, 5) is 36.6. The molecule has 5 N–H and O–H groups in total. The largest absolute Gasteiger partial charge is 0.361 e. The Kier molecular flexibility index (Phi) is 7.17. The van der Waals surface area contributed by atoms with Crippen molar-refractivity contribution in [3.8, 4) is 0 Å². The molecule has 10 nitrogen and oxygen atoms in total. The van der Waals surface area contributed by atoms with Crippen LogP contribution in [0.15, 0.2) is 48.7 Å². The number of hydrogen-bond donors (Lipinski definition) is 5. The van der Waals surface area contributed by atoms with E-state index >= 15 is 0 Å². The van der Waals surface area contributed by atoms with E-state index in [1.807, 2.05) is 18.3 Å². The zero-order valence-corrected chi connectivity index (χ0v) is 16.7. The van der Waals surface area contributed by atoms with Crippen LogP contribution in [-0.2, 0) is 11.2 Å². The Morgan fingerprint density at radius 1 is 1.10 bits per heavy atom. The van der Waals surface area contributed by atoms with Gasteiger partial charge in [-0.3, -0.25) is 20.1 Å². The number of fused-ring (bicyclic) bond motifs is 1. The van der Waals surface area contributed by atoms with Crippen molar-refractivity contribution in [1.29, 1.82) is 0 Å². The third-order valence-corrected chi connectivity index (χ3v) is 4.81. The number of anilines is 1. The van der Waals surface area contributed by atoms with Crippen molar-refractivity contribution >= 4 is 34.2 Å². The van der Waals surface area contributed by atoms with Crippen molar-refractivity contribution in [2.24, 2.45) is 0 Å². The predicted octanol–water partition coefficient (Wildman–Crippen LogP) is 3.46. The van der Waals surface area contributed by atoms with Crippen LogP contribution >= 0.6 is 0 Å². The van der Waals surface area contributed by atoms with Gasteiger partial charge in [0.05, 0.1) is 4.92 Å². The fourth-order valence-electron chi connectivity index (χ4n) is 3.20. The molecular formula is C21H23N5O5. The lowest BCUT2D eigenvalue weighted by Crippen LogP contribution is -2.29. The van der Waals surface area contributed by atoms with Gasteiger partial charge in [0.15, 0.2) is 0 Å². The number of nitrogens with one attached hydrogen (secondary N) is 4. The van der Waals surface area contributed by atoms with Crippen LogP contribution in [0.3, 0.4) is 0 Å². The van der Waals surface area contributed by atoms with Crippen LogP contribution in [0, 0.1) is 10.1 Å². The van der Waals surface area contributed by atoms with Crippen molar-refractivity contribution < 1.29 is 19.7 Å². The van der Waals surface area contributed by atoms with Crippen LogP contribution in [0.1, 0.15) is 30.4 Å². The van der Waals surface area contributed by atoms with E-state index in [-0.39, 0.29) is 18.1 Å². The highest BCUT2D eigenvalue weighted by atomic mass is 16.6. The van der Waals surface area contributed by atoms with Crippen molar-refractivity contribution in [2.75, 3.05) is 11.9 Å². The second-order valence-electron chi connectivity index (χ2n) is 7.05. The molecule has 0 saturated heterocycles. The Bertz CT molecular complexity index is 1080. The van der Waals surface area contributed by atoms with Gasteiger partial charge in [-0.15, -0.1) is 0 Å². The van der Waals surface area contributed by atoms with Gasteiger partial charge in [-0.05, 0) is 48.6 Å². The predicted molar refractivity (Wildman–Crippen MR) is 115 cm³/mol. The third-order valence-electron chi connectivity index (χ3n) is 4.81. The molecule has 0 aliphatic heterocycles. The number of nitrogens with zero attached hydrogens (tertiary/aromatic N) is 1. The minimum Gasteiger partial charge on any atom is -0.361 e. The molecule has 31 heavy (non-hydrogen) atoms. The number of nitro benzene ring substituents is 1. The molecule has 1 aromatic heterocycles. The summed E-state index contributed by atoms with van der Waals surface area (Å²) in [5.74, 6) is -0.449. The Labute approximate surface area is 177 Å². The highest BCUT2D eigenvalue weighted by molar-refractivity contribution is 5.89. The van der Waals surface area contributed by atoms with Crippen LogP contribution in [0.2, 0.25) is 0 Å². The molecule has 0 saturated carbocycles. The number of non-ortho nitro benzene ring substituents is 1. The van der Waals surface area contributed by atoms with Gasteiger partial charge in [0.1, 0.15) is 0 Å². The number of aromatic nitrogens is 1. The van der Waals surface area contributed by atoms with Gasteiger partial charge in [-0.2, -0.15) is 0 Å². The van der Waals surface area contributed by atoms with E-state index < -0.39 is 10.8 Å². The Balaban J connectivity index is 1.52. The van der Waals surface area contributed by atoms with Gasteiger partial charge in [0.25, 0.3) is 5.69 Å². The van der Waals surface area contributed by atoms with E-state index in [1.165, 1.54) is 6.07 Å². The number of carbonyl (C=O) groups excluding carboxylic acids is 2. The lowest BCUT2D eigenvalue weighted by atomic mass is 10.0. The van der Waals surface area contributed by atoms with Gasteiger partial charge in [-0.25, -0.2) is 10.3 Å². The van der Waals surface area contributed by atoms with E-state index in [4.69, 9.17) is 5.21 Å². The number of rotatable bonds is 9. The summed E-state index contributed by atoms with van der Waals surface area (Å²) in [7, 11) is 0. The Morgan fingerprint density at radius 2 is 1.87 bits per heavy atom. The molecule has 3 amide bonds. The number of amides is 3. The van der Waals surface area contributed by atoms with E-state index in [9.17, 15) is 19.7 Å². The SMILES string of the molecule is O=C(CCCCNC(=O)Nc1ccc(Cc2c[nH]c3ccc([N+](=O)[O-])cc23)cc1)NO. The quantitative estimate of drug-likeness (QED) is 0.154. The third kappa shape index (κ3) is 6.03. The van der Waals surface area contributed by atoms with Gasteiger partial charge >= 0.3 is 6.03 Å². The number of unbranched alkanes of at least 4 members (excludes halogenated alkanes) is 1. The topological polar surface area (TPSA) is 149 Å². The van der Waals surface area contributed by atoms with Crippen LogP contribution in [0.25, 0.3) is 10.9 Å². The van der Waals surface area contributed by atoms with Crippen LogP contribution < -0.4 is 16.1 Å². The molecule has 2 aromatic carbocycles. The average molecular weight is 425 g/mol. The summed E-state index contributed by atoms with van der Waals surface area (Å²) in [5, 5.41) is 25.7. The maximum Gasteiger partial charge on any atom is 0.319 e. The Hall–Kier alpha value is -3.92. The van der Waals surface area contributed by atoms with E-state index in [0.717, 1.165) is 22.0 Å². The molecule has 0 fully saturated rings. The number of H-pyrrole nitrogens is 1. The Morgan fingerprint density at radius 3 is 2.58 bits per heavy atom. The van der Waals surface area contributed by atoms with Gasteiger partial charge in [0, 0.05) is 47.9 Å². The summed E-state index contributed by atoms with van der Waals surface area (Å²) in [5.41, 5.74) is 5.04. The lowest BCUT2D eigenvalue weighted by molar-refractivity contribution is -0.384. The standard InChI is InChI=1S/C21H23N5O5/c27-20(25-29)3-1-2-10-22-21(28)24-16-6-4-14(5-7-16)11-15-13-23-19-9-8-17(26(30)31)12-18(15)19/h4-9,12-13,23,29H,1-3,10-11H2,(H,25,27)(H2,22,24,28). The number of nitro groups is 1. The molecule has 0 atom stereocenters. The van der Waals surface area contributed by atoms with Gasteiger partial charge in [-0.1, -0.05) is 12.1 Å². The second-order valence-corrected chi connectivity index (χ2v) is 7.05. The van der Waals surface area contributed by atoms with Gasteiger partial charge in [0.2, 0.25) is 5.91 Å². The molecule has 0 unspecified atom stereocenters. The molecule has 3 rings (SSSR count). The van der Waals surface area contributed by atoms with Crippen LogP contribution in [-0.4, -0.2) is 33.6 Å². The first kappa shape index (κ1) is 21.8. The zero-order valence-electron chi connectivity index (χ0n) is 16.7. The molecule has 0 aliphatic rings. The number of benzene rings is 2. The van der Waals surface area contributed by atoms with Crippen LogP contribution in [0.5, 0.6) is 0 Å². The lowest BCUT2D eigenvalue weighted by Gasteiger charge is -2.08. The molecule has 3 aromatic rings. The van der Waals surface area contributed by atoms with Crippen molar-refractivity contribution in [3.05, 3.63) is 69.9 Å². The minimum atomic E-state index is -0.449. The highest BCUT2D eigenvalue weighted by Gasteiger charge is 2.11. The number of carbonyl (C=O) groups is 2. The average Bonchev–Trinajstić information content (AvgIpc) is 3.16. The number of urea groups is 1. The molecule has 1 heterocycles. The molecular weight excluding hydrogens is 402 g/mol.